The zero-order valence-corrected chi connectivity index (χ0v) is 38.5. The molecule has 0 saturated carbocycles. The third kappa shape index (κ3) is 45.8. The maximum atomic E-state index is 12.7. The van der Waals surface area contributed by atoms with Gasteiger partial charge in [0.15, 0.2) is 6.10 Å². The van der Waals surface area contributed by atoms with Crippen LogP contribution in [0.2, 0.25) is 0 Å². The fourth-order valence-corrected chi connectivity index (χ4v) is 6.62. The molecule has 6 heteroatoms. The lowest BCUT2D eigenvalue weighted by atomic mass is 10.0. The molecule has 0 aliphatic heterocycles. The molecule has 0 heterocycles. The second-order valence-electron chi connectivity index (χ2n) is 16.1. The van der Waals surface area contributed by atoms with Gasteiger partial charge in [0, 0.05) is 19.3 Å². The van der Waals surface area contributed by atoms with Gasteiger partial charge in [-0.15, -0.1) is 0 Å². The minimum absolute atomic E-state index is 0.0941. The maximum Gasteiger partial charge on any atom is 0.306 e. The van der Waals surface area contributed by atoms with Gasteiger partial charge >= 0.3 is 17.9 Å². The Morgan fingerprint density at radius 1 is 0.356 bits per heavy atom. The molecule has 1 unspecified atom stereocenters. The molecule has 0 saturated heterocycles. The van der Waals surface area contributed by atoms with Gasteiger partial charge in [-0.05, 0) is 64.2 Å². The average Bonchev–Trinajstić information content (AvgIpc) is 3.23. The highest BCUT2D eigenvalue weighted by Crippen LogP contribution is 2.14. The summed E-state index contributed by atoms with van der Waals surface area (Å²) in [4.78, 5) is 37.9. The van der Waals surface area contributed by atoms with Gasteiger partial charge in [0.2, 0.25) is 0 Å². The number of carbonyl (C=O) groups is 3. The molecule has 6 nitrogen and oxygen atoms in total. The number of rotatable bonds is 43. The van der Waals surface area contributed by atoms with Crippen molar-refractivity contribution in [1.29, 1.82) is 0 Å². The van der Waals surface area contributed by atoms with E-state index in [2.05, 4.69) is 57.2 Å². The van der Waals surface area contributed by atoms with Crippen molar-refractivity contribution in [2.24, 2.45) is 0 Å². The average molecular weight is 823 g/mol. The van der Waals surface area contributed by atoms with Crippen LogP contribution in [-0.2, 0) is 28.6 Å². The Balaban J connectivity index is 4.45. The van der Waals surface area contributed by atoms with E-state index in [1.54, 1.807) is 0 Å². The molecule has 0 spiro atoms. The first-order valence-electron chi connectivity index (χ1n) is 24.5. The molecule has 0 bridgehead atoms. The van der Waals surface area contributed by atoms with Crippen LogP contribution in [0.3, 0.4) is 0 Å². The molecule has 0 fully saturated rings. The van der Waals surface area contributed by atoms with Crippen LogP contribution in [0.4, 0.5) is 0 Å². The zero-order valence-electron chi connectivity index (χ0n) is 38.5. The summed E-state index contributed by atoms with van der Waals surface area (Å²) in [6, 6.07) is 0. The topological polar surface area (TPSA) is 78.9 Å². The number of esters is 3. The van der Waals surface area contributed by atoms with Crippen molar-refractivity contribution < 1.29 is 28.6 Å². The molecule has 1 atom stereocenters. The van der Waals surface area contributed by atoms with Crippen LogP contribution in [0, 0.1) is 0 Å². The Morgan fingerprint density at radius 2 is 0.661 bits per heavy atom. The van der Waals surface area contributed by atoms with Gasteiger partial charge in [-0.25, -0.2) is 0 Å². The molecule has 0 aromatic rings. The van der Waals surface area contributed by atoms with E-state index < -0.39 is 6.10 Å². The van der Waals surface area contributed by atoms with Crippen LogP contribution >= 0.6 is 0 Å². The van der Waals surface area contributed by atoms with E-state index in [0.29, 0.717) is 19.3 Å². The summed E-state index contributed by atoms with van der Waals surface area (Å²) in [5.74, 6) is -0.946. The van der Waals surface area contributed by atoms with Crippen molar-refractivity contribution in [2.75, 3.05) is 13.2 Å². The Morgan fingerprint density at radius 3 is 1.10 bits per heavy atom. The molecule has 0 aliphatic rings. The molecular formula is C53H90O6. The van der Waals surface area contributed by atoms with E-state index in [1.165, 1.54) is 109 Å². The summed E-state index contributed by atoms with van der Waals surface area (Å²) in [5, 5.41) is 0. The van der Waals surface area contributed by atoms with Crippen molar-refractivity contribution in [3.63, 3.8) is 0 Å². The first-order chi connectivity index (χ1) is 29.0. The van der Waals surface area contributed by atoms with Crippen molar-refractivity contribution in [3.8, 4) is 0 Å². The molecule has 0 aromatic heterocycles. The highest BCUT2D eigenvalue weighted by atomic mass is 16.6. The number of allylic oxidation sites excluding steroid dienone is 12. The van der Waals surface area contributed by atoms with Gasteiger partial charge in [0.05, 0.1) is 0 Å². The Labute approximate surface area is 363 Å². The standard InChI is InChI=1S/C53H90O6/c1-4-7-10-13-16-19-22-25-26-29-31-34-37-40-43-46-52(55)58-49-50(59-53(56)47-44-41-38-35-32-28-24-21-18-15-12-9-6-3)48-57-51(54)45-42-39-36-33-30-27-23-20-17-14-11-8-5-2/h9,12,15-16,18-19,21-22,24-25,28,32,50H,4-8,10-11,13-14,17,20,23,26-27,29-31,33-49H2,1-3H3/b12-9-,18-15-,19-16-,24-21-,25-22-,32-28-. The van der Waals surface area contributed by atoms with E-state index in [-0.39, 0.29) is 37.5 Å². The van der Waals surface area contributed by atoms with Crippen molar-refractivity contribution in [3.05, 3.63) is 72.9 Å². The van der Waals surface area contributed by atoms with E-state index in [0.717, 1.165) is 70.6 Å². The maximum absolute atomic E-state index is 12.7. The monoisotopic (exact) mass is 823 g/mol. The number of hydrogen-bond acceptors (Lipinski definition) is 6. The molecule has 0 amide bonds. The molecule has 338 valence electrons. The predicted octanol–water partition coefficient (Wildman–Crippen LogP) is 15.9. The third-order valence-electron chi connectivity index (χ3n) is 10.3. The smallest absolute Gasteiger partial charge is 0.306 e. The SMILES string of the molecule is CC\C=C/C=C\C=C/C=C\CCCCCC(=O)OC(COC(=O)CCCCCCCC/C=C\C=C/CCCCC)COC(=O)CCCCCCCCCCCCCCC. The summed E-state index contributed by atoms with van der Waals surface area (Å²) >= 11 is 0. The van der Waals surface area contributed by atoms with Gasteiger partial charge in [0.1, 0.15) is 13.2 Å². The van der Waals surface area contributed by atoms with Crippen LogP contribution in [-0.4, -0.2) is 37.2 Å². The van der Waals surface area contributed by atoms with Crippen LogP contribution in [0.25, 0.3) is 0 Å². The van der Waals surface area contributed by atoms with Crippen molar-refractivity contribution in [1.82, 2.24) is 0 Å². The summed E-state index contributed by atoms with van der Waals surface area (Å²) in [7, 11) is 0. The third-order valence-corrected chi connectivity index (χ3v) is 10.3. The van der Waals surface area contributed by atoms with Gasteiger partial charge in [-0.3, -0.25) is 14.4 Å². The molecule has 0 aromatic carbocycles. The lowest BCUT2D eigenvalue weighted by Gasteiger charge is -2.18. The predicted molar refractivity (Wildman–Crippen MR) is 251 cm³/mol. The molecule has 0 aliphatic carbocycles. The number of ether oxygens (including phenoxy) is 3. The summed E-state index contributed by atoms with van der Waals surface area (Å²) in [6.07, 6.45) is 58.8. The van der Waals surface area contributed by atoms with E-state index >= 15 is 0 Å². The first-order valence-corrected chi connectivity index (χ1v) is 24.5. The highest BCUT2D eigenvalue weighted by Gasteiger charge is 2.19. The van der Waals surface area contributed by atoms with Crippen LogP contribution in [0.1, 0.15) is 226 Å². The quantitative estimate of drug-likeness (QED) is 0.0264. The summed E-state index contributed by atoms with van der Waals surface area (Å²) in [6.45, 7) is 6.42. The van der Waals surface area contributed by atoms with Gasteiger partial charge in [0.25, 0.3) is 0 Å². The minimum Gasteiger partial charge on any atom is -0.462 e. The largest absolute Gasteiger partial charge is 0.462 e. The Kier molecular flexibility index (Phi) is 45.0. The van der Waals surface area contributed by atoms with Gasteiger partial charge < -0.3 is 14.2 Å². The second kappa shape index (κ2) is 47.5. The van der Waals surface area contributed by atoms with Crippen LogP contribution < -0.4 is 0 Å². The lowest BCUT2D eigenvalue weighted by Crippen LogP contribution is -2.30. The van der Waals surface area contributed by atoms with Crippen LogP contribution in [0.5, 0.6) is 0 Å². The molecule has 0 radical (unpaired) electrons. The second-order valence-corrected chi connectivity index (χ2v) is 16.1. The number of hydrogen-bond donors (Lipinski definition) is 0. The fourth-order valence-electron chi connectivity index (χ4n) is 6.62. The fraction of sp³-hybridized carbons (Fsp3) is 0.717. The molecular weight excluding hydrogens is 733 g/mol. The Bertz CT molecular complexity index is 1130. The van der Waals surface area contributed by atoms with Crippen LogP contribution in [0.15, 0.2) is 72.9 Å². The van der Waals surface area contributed by atoms with E-state index in [9.17, 15) is 14.4 Å². The zero-order chi connectivity index (χ0) is 43.0. The van der Waals surface area contributed by atoms with Gasteiger partial charge in [-0.1, -0.05) is 216 Å². The highest BCUT2D eigenvalue weighted by molar-refractivity contribution is 5.71. The first kappa shape index (κ1) is 55.9. The van der Waals surface area contributed by atoms with Gasteiger partial charge in [-0.2, -0.15) is 0 Å². The van der Waals surface area contributed by atoms with Crippen molar-refractivity contribution >= 4 is 17.9 Å². The lowest BCUT2D eigenvalue weighted by molar-refractivity contribution is -0.167. The number of carbonyl (C=O) groups excluding carboxylic acids is 3. The Hall–Kier alpha value is -3.15. The van der Waals surface area contributed by atoms with E-state index in [1.807, 2.05) is 36.5 Å². The normalized spacial score (nSPS) is 12.7. The minimum atomic E-state index is -0.797. The van der Waals surface area contributed by atoms with Crippen molar-refractivity contribution in [2.45, 2.75) is 232 Å². The number of unbranched alkanes of at least 4 members (excludes halogenated alkanes) is 24. The van der Waals surface area contributed by atoms with E-state index in [4.69, 9.17) is 14.2 Å². The summed E-state index contributed by atoms with van der Waals surface area (Å²) < 4.78 is 16.7. The summed E-state index contributed by atoms with van der Waals surface area (Å²) in [5.41, 5.74) is 0. The molecule has 0 N–H and O–H groups in total. The molecule has 59 heavy (non-hydrogen) atoms. The molecule has 0 rings (SSSR count).